The molecule has 0 spiro atoms. The number of aromatic nitrogens is 3. The summed E-state index contributed by atoms with van der Waals surface area (Å²) in [6, 6.07) is 0.842. The molecule has 1 unspecified atom stereocenters. The van der Waals surface area contributed by atoms with Gasteiger partial charge in [-0.1, -0.05) is 19.6 Å². The van der Waals surface area contributed by atoms with Gasteiger partial charge in [-0.25, -0.2) is 19.2 Å². The van der Waals surface area contributed by atoms with Gasteiger partial charge in [-0.3, -0.25) is 4.90 Å². The normalized spacial score (nSPS) is 22.9. The molecule has 15 heteroatoms. The van der Waals surface area contributed by atoms with E-state index in [-0.39, 0.29) is 0 Å². The molecule has 2 aromatic rings. The zero-order valence-corrected chi connectivity index (χ0v) is 26.7. The number of quaternary nitrogens is 1. The Balaban J connectivity index is 0.000000587. The molecule has 2 aliphatic heterocycles. The van der Waals surface area contributed by atoms with E-state index in [9.17, 15) is 19.4 Å². The Morgan fingerprint density at radius 3 is 2.51 bits per heavy atom. The molecule has 2 aliphatic rings. The van der Waals surface area contributed by atoms with E-state index in [0.717, 1.165) is 11.6 Å². The lowest BCUT2D eigenvalue weighted by Gasteiger charge is -2.22. The number of carbonyl (C=O) groups excluding carboxylic acids is 1. The number of anilines is 1. The monoisotopic (exact) mass is 616 g/mol. The van der Waals surface area contributed by atoms with E-state index in [2.05, 4.69) is 54.9 Å². The minimum absolute atomic E-state index is 0.332. The van der Waals surface area contributed by atoms with Crippen LogP contribution in [0.5, 0.6) is 0 Å². The molecule has 4 rings (SSSR count). The number of rotatable bonds is 10. The van der Waals surface area contributed by atoms with Crippen LogP contribution in [0, 0.1) is 0 Å². The molecule has 0 saturated carbocycles. The maximum absolute atomic E-state index is 15.2. The number of hydrogen-bond acceptors (Lipinski definition) is 9. The smallest absolute Gasteiger partial charge is 0.488 e. The van der Waals surface area contributed by atoms with Crippen molar-refractivity contribution in [3.8, 4) is 0 Å². The van der Waals surface area contributed by atoms with Crippen molar-refractivity contribution in [1.29, 1.82) is 0 Å². The van der Waals surface area contributed by atoms with Crippen molar-refractivity contribution in [2.75, 3.05) is 44.3 Å². The van der Waals surface area contributed by atoms with Crippen molar-refractivity contribution in [2.45, 2.75) is 83.9 Å². The number of ether oxygens (including phenoxy) is 2. The number of carbonyl (C=O) groups is 1. The molecule has 4 heterocycles. The van der Waals surface area contributed by atoms with E-state index in [1.807, 2.05) is 0 Å². The van der Waals surface area contributed by atoms with Gasteiger partial charge in [0.25, 0.3) is 0 Å². The number of hydrogen-bond donors (Lipinski definition) is 2. The fraction of sp³-hybridized carbons (Fsp3) is 0.731. The topological polar surface area (TPSA) is 144 Å². The second-order valence-corrected chi connectivity index (χ2v) is 17.7. The number of aryl methyl sites for hydroxylation is 1. The van der Waals surface area contributed by atoms with Gasteiger partial charge in [-0.2, -0.15) is 0 Å². The van der Waals surface area contributed by atoms with Gasteiger partial charge in [0.05, 0.1) is 38.2 Å². The summed E-state index contributed by atoms with van der Waals surface area (Å²) >= 11 is 0. The molecule has 0 radical (unpaired) electrons. The van der Waals surface area contributed by atoms with Gasteiger partial charge in [0.1, 0.15) is 18.1 Å². The van der Waals surface area contributed by atoms with Gasteiger partial charge >= 0.3 is 14.3 Å². The Morgan fingerprint density at radius 2 is 1.95 bits per heavy atom. The van der Waals surface area contributed by atoms with Crippen molar-refractivity contribution in [3.63, 3.8) is 0 Å². The fourth-order valence-corrected chi connectivity index (χ4v) is 6.17. The standard InChI is InChI=1S/C20H28FN4O7PSi.C6H15N/c1-34(2,3)8-7-30-20(27)24-6-4-5-12-9-25(18-14(12)17(24)22-11-23-18)19-15(21)16(32-33(28)29)13(10-26)31-19;1-4-7(5-2)6-3/h9,11,13,15-16,19,26H,4-8,10H2,1-3H3;4-6H2,1-3H3/p+1/t13-,15-,16-,19-;/m1./s1. The highest BCUT2D eigenvalue weighted by atomic mass is 31.1. The largest absolute Gasteiger partial charge is 0.566 e. The molecule has 1 amide bonds. The van der Waals surface area contributed by atoms with Crippen LogP contribution < -0.4 is 14.7 Å². The highest BCUT2D eigenvalue weighted by Gasteiger charge is 2.50. The average molecular weight is 617 g/mol. The lowest BCUT2D eigenvalue weighted by Crippen LogP contribution is -3.11. The molecule has 2 N–H and O–H groups in total. The van der Waals surface area contributed by atoms with Crippen LogP contribution in [0.2, 0.25) is 25.7 Å². The van der Waals surface area contributed by atoms with Crippen LogP contribution in [0.4, 0.5) is 15.0 Å². The lowest BCUT2D eigenvalue weighted by atomic mass is 10.1. The summed E-state index contributed by atoms with van der Waals surface area (Å²) in [5, 5.41) is 10.1. The fourth-order valence-electron chi connectivity index (χ4n) is 5.01. The minimum Gasteiger partial charge on any atom is -0.566 e. The van der Waals surface area contributed by atoms with E-state index >= 15 is 4.39 Å². The highest BCUT2D eigenvalue weighted by molar-refractivity contribution is 7.30. The van der Waals surface area contributed by atoms with Gasteiger partial charge < -0.3 is 28.9 Å². The lowest BCUT2D eigenvalue weighted by molar-refractivity contribution is -0.894. The van der Waals surface area contributed by atoms with Crippen molar-refractivity contribution >= 4 is 39.3 Å². The average Bonchev–Trinajstić information content (AvgIpc) is 3.36. The van der Waals surface area contributed by atoms with Crippen LogP contribution in [0.15, 0.2) is 12.5 Å². The quantitative estimate of drug-likeness (QED) is 0.303. The van der Waals surface area contributed by atoms with Gasteiger partial charge in [-0.05, 0) is 49.8 Å². The van der Waals surface area contributed by atoms with Gasteiger partial charge in [0.15, 0.2) is 24.3 Å². The molecule has 41 heavy (non-hydrogen) atoms. The summed E-state index contributed by atoms with van der Waals surface area (Å²) in [4.78, 5) is 35.7. The third-order valence-corrected chi connectivity index (χ3v) is 9.60. The van der Waals surface area contributed by atoms with E-state index in [1.165, 1.54) is 35.4 Å². The zero-order chi connectivity index (χ0) is 30.3. The van der Waals surface area contributed by atoms with Crippen LogP contribution in [0.1, 0.15) is 39.0 Å². The summed E-state index contributed by atoms with van der Waals surface area (Å²) in [6.45, 7) is 17.2. The number of halogens is 1. The van der Waals surface area contributed by atoms with E-state index < -0.39 is 53.6 Å². The molecule has 1 saturated heterocycles. The molecule has 0 aliphatic carbocycles. The third-order valence-electron chi connectivity index (χ3n) is 7.48. The van der Waals surface area contributed by atoms with Crippen molar-refractivity contribution in [2.24, 2.45) is 0 Å². The molecule has 1 fully saturated rings. The summed E-state index contributed by atoms with van der Waals surface area (Å²) in [7, 11) is -4.71. The number of aliphatic hydroxyl groups excluding tert-OH is 1. The summed E-state index contributed by atoms with van der Waals surface area (Å²) < 4.78 is 43.5. The minimum atomic E-state index is -3.34. The number of alkyl halides is 1. The van der Waals surface area contributed by atoms with Crippen LogP contribution in [-0.2, 0) is 25.0 Å². The summed E-state index contributed by atoms with van der Waals surface area (Å²) in [5.74, 6) is 0.372. The third kappa shape index (κ3) is 8.28. The predicted molar refractivity (Wildman–Crippen MR) is 154 cm³/mol. The zero-order valence-electron chi connectivity index (χ0n) is 24.8. The maximum atomic E-state index is 15.2. The molecule has 12 nitrogen and oxygen atoms in total. The molecule has 0 bridgehead atoms. The molecular formula is C26H44FN5O7PSi+. The van der Waals surface area contributed by atoms with Crippen molar-refractivity contribution < 1.29 is 42.6 Å². The first kappa shape index (κ1) is 33.4. The number of nitrogens with zero attached hydrogens (tertiary/aromatic N) is 4. The number of amides is 1. The Morgan fingerprint density at radius 1 is 1.27 bits per heavy atom. The van der Waals surface area contributed by atoms with Crippen LogP contribution >= 0.6 is 8.25 Å². The second kappa shape index (κ2) is 14.9. The van der Waals surface area contributed by atoms with E-state index in [0.29, 0.717) is 42.8 Å². The Bertz CT molecular complexity index is 1170. The second-order valence-electron chi connectivity index (χ2n) is 11.4. The van der Waals surface area contributed by atoms with Crippen LogP contribution in [0.25, 0.3) is 11.0 Å². The van der Waals surface area contributed by atoms with Crippen molar-refractivity contribution in [3.05, 3.63) is 18.1 Å². The Hall–Kier alpha value is -2.06. The first-order chi connectivity index (χ1) is 19.4. The Kier molecular flexibility index (Phi) is 12.2. The van der Waals surface area contributed by atoms with Gasteiger partial charge in [0, 0.05) is 20.8 Å². The first-order valence-electron chi connectivity index (χ1n) is 14.3. The molecule has 2 aromatic heterocycles. The molecule has 5 atom stereocenters. The number of aliphatic hydroxyl groups is 1. The summed E-state index contributed by atoms with van der Waals surface area (Å²) in [6.07, 6.45) is -2.12. The summed E-state index contributed by atoms with van der Waals surface area (Å²) in [5.41, 5.74) is 1.14. The number of nitrogens with one attached hydrogen (secondary N) is 1. The van der Waals surface area contributed by atoms with Gasteiger partial charge in [-0.15, -0.1) is 4.52 Å². The van der Waals surface area contributed by atoms with E-state index in [1.54, 1.807) is 11.1 Å². The van der Waals surface area contributed by atoms with Crippen molar-refractivity contribution in [1.82, 2.24) is 14.5 Å². The molecule has 0 aromatic carbocycles. The Labute approximate surface area is 242 Å². The van der Waals surface area contributed by atoms with E-state index in [4.69, 9.17) is 9.47 Å². The first-order valence-corrected chi connectivity index (χ1v) is 19.1. The maximum Gasteiger partial charge on any atom is 0.488 e. The SMILES string of the molecule is CC[NH+](CC)CC.C[Si](C)(C)CCOC(=O)N1CCCc2cn([C@@H]3O[C@H](CO)[C@@H](O[P+](=O)[O-])[C@H]3F)c3ncnc1c23. The highest BCUT2D eigenvalue weighted by Crippen LogP contribution is 2.41. The van der Waals surface area contributed by atoms with Crippen LogP contribution in [0.3, 0.4) is 0 Å². The molecular weight excluding hydrogens is 572 g/mol. The predicted octanol–water partition coefficient (Wildman–Crippen LogP) is 2.22. The van der Waals surface area contributed by atoms with Crippen LogP contribution in [-0.4, -0.2) is 91.6 Å². The molecule has 230 valence electrons. The van der Waals surface area contributed by atoms with Gasteiger partial charge in [0.2, 0.25) is 0 Å².